The van der Waals surface area contributed by atoms with Crippen molar-refractivity contribution in [3.63, 3.8) is 0 Å². The summed E-state index contributed by atoms with van der Waals surface area (Å²) >= 11 is 7.99. The number of hydrogen-bond acceptors (Lipinski definition) is 5. The monoisotopic (exact) mass is 440 g/mol. The van der Waals surface area contributed by atoms with Gasteiger partial charge in [0.25, 0.3) is 0 Å². The molecule has 2 heterocycles. The number of amides is 1. The van der Waals surface area contributed by atoms with E-state index in [1.54, 1.807) is 11.0 Å². The van der Waals surface area contributed by atoms with Crippen LogP contribution in [0.1, 0.15) is 17.7 Å². The molecule has 1 aromatic carbocycles. The van der Waals surface area contributed by atoms with Crippen LogP contribution in [0, 0.1) is 0 Å². The van der Waals surface area contributed by atoms with Gasteiger partial charge in [0.1, 0.15) is 0 Å². The second-order valence-corrected chi connectivity index (χ2v) is 11.0. The molecule has 2 aromatic rings. The van der Waals surface area contributed by atoms with E-state index in [1.165, 1.54) is 17.4 Å². The lowest BCUT2D eigenvalue weighted by molar-refractivity contribution is -0.127. The van der Waals surface area contributed by atoms with Crippen LogP contribution in [0.3, 0.4) is 0 Å². The van der Waals surface area contributed by atoms with Gasteiger partial charge in [-0.15, -0.1) is 11.3 Å². The predicted octanol–water partition coefficient (Wildman–Crippen LogP) is 3.54. The molecule has 0 aliphatic carbocycles. The molecular weight excluding hydrogens is 416 g/mol. The summed E-state index contributed by atoms with van der Waals surface area (Å²) in [6.45, 7) is 1.39. The number of fused-ring (bicyclic) bond motifs is 1. The maximum atomic E-state index is 12.9. The van der Waals surface area contributed by atoms with Crippen LogP contribution in [0.2, 0.25) is 5.02 Å². The third-order valence-electron chi connectivity index (χ3n) is 4.87. The smallest absolute Gasteiger partial charge is 0.246 e. The van der Waals surface area contributed by atoms with Gasteiger partial charge in [0.05, 0.1) is 16.5 Å². The summed E-state index contributed by atoms with van der Waals surface area (Å²) in [5, 5.41) is 1.62. The molecule has 28 heavy (non-hydrogen) atoms. The molecule has 0 radical (unpaired) electrons. The zero-order valence-corrected chi connectivity index (χ0v) is 18.5. The van der Waals surface area contributed by atoms with E-state index in [-0.39, 0.29) is 23.5 Å². The summed E-state index contributed by atoms with van der Waals surface area (Å²) in [5.41, 5.74) is 0. The highest BCUT2D eigenvalue weighted by atomic mass is 35.5. The molecule has 0 N–H and O–H groups in total. The molecule has 0 bridgehead atoms. The standard InChI is InChI=1S/C20H25ClN2O3S2/c1-22(2)11-5-12-23(15-10-13-28(25,26)14-15)19(24)9-8-18-20(21)16-6-3-4-7-17(16)27-18/h3-4,6-9,15H,5,10-14H2,1-2H3/b9-8+. The van der Waals surface area contributed by atoms with Gasteiger partial charge in [-0.2, -0.15) is 0 Å². The van der Waals surface area contributed by atoms with Gasteiger partial charge in [0, 0.05) is 33.6 Å². The molecule has 1 saturated heterocycles. The van der Waals surface area contributed by atoms with Crippen molar-refractivity contribution in [2.24, 2.45) is 0 Å². The second-order valence-electron chi connectivity index (χ2n) is 7.36. The fraction of sp³-hybridized carbons (Fsp3) is 0.450. The van der Waals surface area contributed by atoms with E-state index in [1.807, 2.05) is 38.4 Å². The van der Waals surface area contributed by atoms with E-state index >= 15 is 0 Å². The lowest BCUT2D eigenvalue weighted by Gasteiger charge is -2.27. The Hall–Kier alpha value is -1.41. The highest BCUT2D eigenvalue weighted by molar-refractivity contribution is 7.91. The van der Waals surface area contributed by atoms with Crippen LogP contribution in [-0.4, -0.2) is 68.9 Å². The van der Waals surface area contributed by atoms with E-state index in [0.717, 1.165) is 27.9 Å². The molecule has 3 rings (SSSR count). The minimum Gasteiger partial charge on any atom is -0.335 e. The number of halogens is 1. The first-order valence-corrected chi connectivity index (χ1v) is 12.3. The third kappa shape index (κ3) is 5.14. The number of rotatable bonds is 7. The van der Waals surface area contributed by atoms with Crippen LogP contribution in [0.15, 0.2) is 30.3 Å². The summed E-state index contributed by atoms with van der Waals surface area (Å²) < 4.78 is 24.9. The van der Waals surface area contributed by atoms with Gasteiger partial charge in [0.2, 0.25) is 5.91 Å². The zero-order chi connectivity index (χ0) is 20.3. The zero-order valence-electron chi connectivity index (χ0n) is 16.1. The van der Waals surface area contributed by atoms with Crippen molar-refractivity contribution in [1.29, 1.82) is 0 Å². The summed E-state index contributed by atoms with van der Waals surface area (Å²) in [6, 6.07) is 7.61. The van der Waals surface area contributed by atoms with Gasteiger partial charge in [-0.05, 0) is 45.6 Å². The lowest BCUT2D eigenvalue weighted by atomic mass is 10.2. The molecular formula is C20H25ClN2O3S2. The fourth-order valence-electron chi connectivity index (χ4n) is 3.43. The first kappa shape index (κ1) is 21.3. The minimum absolute atomic E-state index is 0.0538. The number of benzene rings is 1. The Balaban J connectivity index is 1.77. The molecule has 1 aromatic heterocycles. The number of thiophene rings is 1. The summed E-state index contributed by atoms with van der Waals surface area (Å²) in [4.78, 5) is 17.5. The van der Waals surface area contributed by atoms with Gasteiger partial charge >= 0.3 is 0 Å². The molecule has 8 heteroatoms. The number of hydrogen-bond donors (Lipinski definition) is 0. The molecule has 1 fully saturated rings. The van der Waals surface area contributed by atoms with Crippen LogP contribution in [0.5, 0.6) is 0 Å². The summed E-state index contributed by atoms with van der Waals surface area (Å²) in [7, 11) is 0.909. The van der Waals surface area contributed by atoms with Crippen molar-refractivity contribution in [3.05, 3.63) is 40.2 Å². The maximum absolute atomic E-state index is 12.9. The van der Waals surface area contributed by atoms with E-state index in [9.17, 15) is 13.2 Å². The van der Waals surface area contributed by atoms with E-state index in [2.05, 4.69) is 4.90 Å². The Morgan fingerprint density at radius 3 is 2.68 bits per heavy atom. The highest BCUT2D eigenvalue weighted by Gasteiger charge is 2.33. The quantitative estimate of drug-likeness (QED) is 0.618. The van der Waals surface area contributed by atoms with Crippen molar-refractivity contribution < 1.29 is 13.2 Å². The molecule has 0 saturated carbocycles. The average Bonchev–Trinajstić information content (AvgIpc) is 3.16. The van der Waals surface area contributed by atoms with Crippen molar-refractivity contribution in [2.45, 2.75) is 18.9 Å². The Morgan fingerprint density at radius 1 is 1.29 bits per heavy atom. The van der Waals surface area contributed by atoms with Crippen LogP contribution < -0.4 is 0 Å². The normalized spacial score (nSPS) is 19.1. The van der Waals surface area contributed by atoms with Crippen LogP contribution in [0.25, 0.3) is 16.2 Å². The predicted molar refractivity (Wildman–Crippen MR) is 118 cm³/mol. The minimum atomic E-state index is -3.05. The highest BCUT2D eigenvalue weighted by Crippen LogP contribution is 2.36. The fourth-order valence-corrected chi connectivity index (χ4v) is 6.56. The third-order valence-corrected chi connectivity index (χ3v) is 8.28. The van der Waals surface area contributed by atoms with Crippen LogP contribution >= 0.6 is 22.9 Å². The van der Waals surface area contributed by atoms with Crippen molar-refractivity contribution in [2.75, 3.05) is 38.7 Å². The topological polar surface area (TPSA) is 57.7 Å². The van der Waals surface area contributed by atoms with Gasteiger partial charge in [-0.1, -0.05) is 29.8 Å². The Labute approximate surface area is 175 Å². The van der Waals surface area contributed by atoms with Gasteiger partial charge in [0.15, 0.2) is 9.84 Å². The van der Waals surface area contributed by atoms with Gasteiger partial charge in [-0.3, -0.25) is 4.79 Å². The summed E-state index contributed by atoms with van der Waals surface area (Å²) in [5.74, 6) is 0.0495. The average molecular weight is 441 g/mol. The van der Waals surface area contributed by atoms with Crippen LogP contribution in [-0.2, 0) is 14.6 Å². The number of carbonyl (C=O) groups is 1. The molecule has 1 atom stereocenters. The molecule has 1 amide bonds. The number of sulfone groups is 1. The molecule has 152 valence electrons. The first-order chi connectivity index (χ1) is 13.3. The van der Waals surface area contributed by atoms with Crippen molar-refractivity contribution in [3.8, 4) is 0 Å². The van der Waals surface area contributed by atoms with E-state index in [4.69, 9.17) is 11.6 Å². The maximum Gasteiger partial charge on any atom is 0.246 e. The molecule has 1 unspecified atom stereocenters. The number of carbonyl (C=O) groups excluding carboxylic acids is 1. The second kappa shape index (κ2) is 8.95. The Kier molecular flexibility index (Phi) is 6.81. The van der Waals surface area contributed by atoms with Crippen molar-refractivity contribution >= 4 is 54.8 Å². The Bertz CT molecular complexity index is 982. The van der Waals surface area contributed by atoms with Crippen LogP contribution in [0.4, 0.5) is 0 Å². The molecule has 0 spiro atoms. The molecule has 1 aliphatic rings. The number of nitrogens with zero attached hydrogens (tertiary/aromatic N) is 2. The first-order valence-electron chi connectivity index (χ1n) is 9.28. The van der Waals surface area contributed by atoms with E-state index in [0.29, 0.717) is 18.0 Å². The van der Waals surface area contributed by atoms with Gasteiger partial charge < -0.3 is 9.80 Å². The SMILES string of the molecule is CN(C)CCCN(C(=O)/C=C/c1sc2ccccc2c1Cl)C1CCS(=O)(=O)C1. The van der Waals surface area contributed by atoms with Crippen molar-refractivity contribution in [1.82, 2.24) is 9.80 Å². The molecule has 1 aliphatic heterocycles. The largest absolute Gasteiger partial charge is 0.335 e. The van der Waals surface area contributed by atoms with E-state index < -0.39 is 9.84 Å². The lowest BCUT2D eigenvalue weighted by Crippen LogP contribution is -2.41. The molecule has 5 nitrogen and oxygen atoms in total. The summed E-state index contributed by atoms with van der Waals surface area (Å²) in [6.07, 6.45) is 4.58. The Morgan fingerprint density at radius 2 is 2.04 bits per heavy atom. The van der Waals surface area contributed by atoms with Gasteiger partial charge in [-0.25, -0.2) is 8.42 Å².